The third-order valence-electron chi connectivity index (χ3n) is 6.09. The number of benzene rings is 1. The van der Waals surface area contributed by atoms with Gasteiger partial charge in [0.1, 0.15) is 0 Å². The Balaban J connectivity index is 1.41. The predicted octanol–water partition coefficient (Wildman–Crippen LogP) is 3.64. The summed E-state index contributed by atoms with van der Waals surface area (Å²) in [6, 6.07) is 10.6. The van der Waals surface area contributed by atoms with Gasteiger partial charge >= 0.3 is 0 Å². The molecule has 4 rings (SSSR count). The molecule has 6 nitrogen and oxygen atoms in total. The second kappa shape index (κ2) is 8.43. The van der Waals surface area contributed by atoms with E-state index in [4.69, 9.17) is 4.42 Å². The van der Waals surface area contributed by atoms with Crippen molar-refractivity contribution < 1.29 is 9.21 Å². The average molecular weight is 383 g/mol. The van der Waals surface area contributed by atoms with Gasteiger partial charge < -0.3 is 14.6 Å². The summed E-state index contributed by atoms with van der Waals surface area (Å²) in [6.07, 6.45) is 4.24. The fourth-order valence-electron chi connectivity index (χ4n) is 4.43. The van der Waals surface area contributed by atoms with E-state index in [0.29, 0.717) is 30.8 Å². The minimum Gasteiger partial charge on any atom is -0.423 e. The van der Waals surface area contributed by atoms with Crippen LogP contribution in [0.15, 0.2) is 34.7 Å². The van der Waals surface area contributed by atoms with Crippen molar-refractivity contribution in [3.63, 3.8) is 0 Å². The van der Waals surface area contributed by atoms with Gasteiger partial charge in [0.15, 0.2) is 0 Å². The molecule has 2 fully saturated rings. The number of carbonyl (C=O) groups excluding carboxylic acids is 1. The number of likely N-dealkylation sites (tertiary alicyclic amines) is 1. The number of hydrogen-bond donors (Lipinski definition) is 1. The quantitative estimate of drug-likeness (QED) is 0.826. The summed E-state index contributed by atoms with van der Waals surface area (Å²) in [6.45, 7) is 6.48. The molecule has 2 saturated heterocycles. The topological polar surface area (TPSA) is 71.3 Å². The molecule has 6 heteroatoms. The van der Waals surface area contributed by atoms with Crippen LogP contribution >= 0.6 is 0 Å². The summed E-state index contributed by atoms with van der Waals surface area (Å²) in [7, 11) is 0. The van der Waals surface area contributed by atoms with Crippen LogP contribution in [0.2, 0.25) is 0 Å². The van der Waals surface area contributed by atoms with E-state index in [1.54, 1.807) is 0 Å². The van der Waals surface area contributed by atoms with Gasteiger partial charge in [0.25, 0.3) is 0 Å². The molecule has 1 amide bonds. The molecular formula is C22H30N4O2. The monoisotopic (exact) mass is 382 g/mol. The normalized spacial score (nSPS) is 24.0. The van der Waals surface area contributed by atoms with Crippen molar-refractivity contribution >= 4 is 5.91 Å². The van der Waals surface area contributed by atoms with Crippen molar-refractivity contribution in [1.82, 2.24) is 20.4 Å². The zero-order valence-electron chi connectivity index (χ0n) is 16.8. The maximum atomic E-state index is 12.4. The first kappa shape index (κ1) is 19.1. The van der Waals surface area contributed by atoms with E-state index >= 15 is 0 Å². The van der Waals surface area contributed by atoms with Crippen molar-refractivity contribution in [1.29, 1.82) is 0 Å². The zero-order chi connectivity index (χ0) is 19.5. The maximum absolute atomic E-state index is 12.4. The van der Waals surface area contributed by atoms with E-state index in [0.717, 1.165) is 32.2 Å². The van der Waals surface area contributed by atoms with Crippen molar-refractivity contribution in [2.45, 2.75) is 57.4 Å². The van der Waals surface area contributed by atoms with Crippen LogP contribution in [-0.4, -0.2) is 40.6 Å². The van der Waals surface area contributed by atoms with E-state index in [9.17, 15) is 4.79 Å². The van der Waals surface area contributed by atoms with E-state index in [1.807, 2.05) is 17.9 Å². The number of carbonyl (C=O) groups is 1. The molecule has 2 aliphatic rings. The maximum Gasteiger partial charge on any atom is 0.234 e. The van der Waals surface area contributed by atoms with Crippen LogP contribution < -0.4 is 5.32 Å². The van der Waals surface area contributed by atoms with Gasteiger partial charge in [-0.2, -0.15) is 0 Å². The number of rotatable bonds is 6. The molecule has 0 spiro atoms. The molecule has 150 valence electrons. The number of piperidine rings is 1. The minimum absolute atomic E-state index is 0.0554. The predicted molar refractivity (Wildman–Crippen MR) is 107 cm³/mol. The fourth-order valence-corrected chi connectivity index (χ4v) is 4.43. The third-order valence-corrected chi connectivity index (χ3v) is 6.09. The van der Waals surface area contributed by atoms with Gasteiger partial charge in [-0.3, -0.25) is 4.79 Å². The zero-order valence-corrected chi connectivity index (χ0v) is 16.8. The van der Waals surface area contributed by atoms with Gasteiger partial charge in [-0.05, 0) is 31.4 Å². The lowest BCUT2D eigenvalue weighted by atomic mass is 9.85. The van der Waals surface area contributed by atoms with Gasteiger partial charge in [0, 0.05) is 24.9 Å². The molecule has 1 aromatic carbocycles. The van der Waals surface area contributed by atoms with Crippen LogP contribution in [0, 0.1) is 5.92 Å². The highest BCUT2D eigenvalue weighted by atomic mass is 16.4. The average Bonchev–Trinajstić information content (AvgIpc) is 3.17. The highest BCUT2D eigenvalue weighted by Crippen LogP contribution is 2.38. The largest absolute Gasteiger partial charge is 0.423 e. The molecule has 0 saturated carbocycles. The van der Waals surface area contributed by atoms with E-state index < -0.39 is 0 Å². The molecule has 0 bridgehead atoms. The molecule has 3 heterocycles. The number of aromatic nitrogens is 2. The molecule has 0 aliphatic carbocycles. The van der Waals surface area contributed by atoms with E-state index in [2.05, 4.69) is 46.7 Å². The number of hydrogen-bond acceptors (Lipinski definition) is 5. The summed E-state index contributed by atoms with van der Waals surface area (Å²) >= 11 is 0. The molecule has 2 aliphatic heterocycles. The van der Waals surface area contributed by atoms with E-state index in [-0.39, 0.29) is 23.8 Å². The second-order valence-electron chi connectivity index (χ2n) is 8.20. The molecular weight excluding hydrogens is 352 g/mol. The van der Waals surface area contributed by atoms with Gasteiger partial charge in [-0.15, -0.1) is 10.2 Å². The summed E-state index contributed by atoms with van der Waals surface area (Å²) in [4.78, 5) is 14.3. The summed E-state index contributed by atoms with van der Waals surface area (Å²) in [5.74, 6) is 2.20. The molecule has 1 unspecified atom stereocenters. The Morgan fingerprint density at radius 2 is 2.00 bits per heavy atom. The van der Waals surface area contributed by atoms with Crippen molar-refractivity contribution in [2.24, 2.45) is 5.92 Å². The smallest absolute Gasteiger partial charge is 0.234 e. The first-order chi connectivity index (χ1) is 13.7. The summed E-state index contributed by atoms with van der Waals surface area (Å²) in [5, 5.41) is 12.3. The molecule has 1 N–H and O–H groups in total. The van der Waals surface area contributed by atoms with Gasteiger partial charge in [0.05, 0.1) is 12.0 Å². The van der Waals surface area contributed by atoms with Crippen LogP contribution in [0.4, 0.5) is 0 Å². The van der Waals surface area contributed by atoms with Crippen LogP contribution in [0.3, 0.4) is 0 Å². The highest BCUT2D eigenvalue weighted by molar-refractivity contribution is 5.79. The van der Waals surface area contributed by atoms with Crippen LogP contribution in [0.1, 0.15) is 74.8 Å². The van der Waals surface area contributed by atoms with Crippen LogP contribution in [0.5, 0.6) is 0 Å². The van der Waals surface area contributed by atoms with Gasteiger partial charge in [0.2, 0.25) is 17.7 Å². The third kappa shape index (κ3) is 3.83. The van der Waals surface area contributed by atoms with Crippen molar-refractivity contribution in [3.8, 4) is 0 Å². The lowest BCUT2D eigenvalue weighted by Crippen LogP contribution is -2.50. The van der Waals surface area contributed by atoms with Gasteiger partial charge in [-0.1, -0.05) is 50.6 Å². The van der Waals surface area contributed by atoms with Crippen molar-refractivity contribution in [3.05, 3.63) is 47.7 Å². The van der Waals surface area contributed by atoms with Crippen LogP contribution in [0.25, 0.3) is 0 Å². The summed E-state index contributed by atoms with van der Waals surface area (Å²) in [5.41, 5.74) is 1.31. The lowest BCUT2D eigenvalue weighted by molar-refractivity contribution is -0.140. The fraction of sp³-hybridized carbons (Fsp3) is 0.591. The molecule has 1 aromatic heterocycles. The van der Waals surface area contributed by atoms with Crippen molar-refractivity contribution in [2.75, 3.05) is 19.6 Å². The Labute approximate surface area is 166 Å². The Morgan fingerprint density at radius 3 is 2.75 bits per heavy atom. The molecule has 28 heavy (non-hydrogen) atoms. The SMILES string of the molecule is CCCC(C)C(=O)N1CC(c2nnc([C@H]3NCCC[C@H]3c3ccccc3)o2)C1. The number of amides is 1. The Hall–Kier alpha value is -2.21. The number of nitrogens with zero attached hydrogens (tertiary/aromatic N) is 3. The highest BCUT2D eigenvalue weighted by Gasteiger charge is 2.38. The number of nitrogens with one attached hydrogen (secondary N) is 1. The minimum atomic E-state index is 0.0554. The molecule has 0 radical (unpaired) electrons. The molecule has 3 atom stereocenters. The second-order valence-corrected chi connectivity index (χ2v) is 8.20. The first-order valence-corrected chi connectivity index (χ1v) is 10.6. The van der Waals surface area contributed by atoms with E-state index in [1.165, 1.54) is 5.56 Å². The Morgan fingerprint density at radius 1 is 1.25 bits per heavy atom. The summed E-state index contributed by atoms with van der Waals surface area (Å²) < 4.78 is 6.09. The lowest BCUT2D eigenvalue weighted by Gasteiger charge is -2.38. The Bertz CT molecular complexity index is 785. The van der Waals surface area contributed by atoms with Crippen LogP contribution in [-0.2, 0) is 4.79 Å². The van der Waals surface area contributed by atoms with Gasteiger partial charge in [-0.25, -0.2) is 0 Å². The standard InChI is InChI=1S/C22H30N4O2/c1-3-8-15(2)22(27)26-13-17(14-26)20-24-25-21(28-20)19-18(11-7-12-23-19)16-9-5-4-6-10-16/h4-6,9-10,15,17-19,23H,3,7-8,11-14H2,1-2H3/t15?,18-,19-/m0/s1. The molecule has 2 aromatic rings. The Kier molecular flexibility index (Phi) is 5.76. The first-order valence-electron chi connectivity index (χ1n) is 10.6.